The number of aromatic nitrogens is 3. The number of rotatable bonds is 5. The maximum absolute atomic E-state index is 13.3. The highest BCUT2D eigenvalue weighted by molar-refractivity contribution is 5.98. The molecule has 0 aliphatic carbocycles. The number of likely N-dealkylation sites (tertiary alicyclic amines) is 1. The molecule has 1 amide bonds. The minimum absolute atomic E-state index is 0.0650. The van der Waals surface area contributed by atoms with E-state index in [1.165, 1.54) is 0 Å². The average molecular weight is 453 g/mol. The van der Waals surface area contributed by atoms with Crippen molar-refractivity contribution in [3.8, 4) is 5.88 Å². The number of aryl methyl sites for hydroxylation is 3. The van der Waals surface area contributed by atoms with E-state index in [9.17, 15) is 4.79 Å². The fourth-order valence-electron chi connectivity index (χ4n) is 4.73. The molecule has 4 N–H and O–H groups in total. The normalized spacial score (nSPS) is 20.9. The molecule has 0 unspecified atom stereocenters. The molecular formula is C23H32N8O2. The summed E-state index contributed by atoms with van der Waals surface area (Å²) in [5.74, 6) is 2.06. The number of amidine groups is 1. The molecule has 2 aromatic rings. The topological polar surface area (TPSA) is 131 Å². The summed E-state index contributed by atoms with van der Waals surface area (Å²) in [6, 6.07) is 3.81. The lowest BCUT2D eigenvalue weighted by Gasteiger charge is -2.36. The Morgan fingerprint density at radius 1 is 1.30 bits per heavy atom. The van der Waals surface area contributed by atoms with Crippen LogP contribution in [0.1, 0.15) is 54.0 Å². The number of hydrazone groups is 1. The largest absolute Gasteiger partial charge is 0.481 e. The Balaban J connectivity index is 1.50. The number of nitrogens with two attached hydrogens (primary N) is 1. The van der Waals surface area contributed by atoms with Crippen LogP contribution < -0.4 is 21.2 Å². The van der Waals surface area contributed by atoms with E-state index in [0.717, 1.165) is 41.9 Å². The van der Waals surface area contributed by atoms with Gasteiger partial charge in [0.15, 0.2) is 5.84 Å². The molecule has 0 saturated carbocycles. The molecule has 176 valence electrons. The van der Waals surface area contributed by atoms with Gasteiger partial charge in [0.1, 0.15) is 11.6 Å². The third-order valence-electron chi connectivity index (χ3n) is 6.58. The Hall–Kier alpha value is -3.43. The van der Waals surface area contributed by atoms with Crippen LogP contribution in [0.3, 0.4) is 0 Å². The maximum atomic E-state index is 13.3. The van der Waals surface area contributed by atoms with E-state index in [0.29, 0.717) is 36.3 Å². The van der Waals surface area contributed by atoms with Gasteiger partial charge in [-0.05, 0) is 51.7 Å². The maximum Gasteiger partial charge on any atom is 0.231 e. The zero-order valence-electron chi connectivity index (χ0n) is 19.9. The summed E-state index contributed by atoms with van der Waals surface area (Å²) in [6.45, 7) is 6.97. The van der Waals surface area contributed by atoms with Crippen LogP contribution in [0.4, 0.5) is 5.82 Å². The van der Waals surface area contributed by atoms with E-state index in [4.69, 9.17) is 15.5 Å². The Morgan fingerprint density at radius 3 is 2.82 bits per heavy atom. The smallest absolute Gasteiger partial charge is 0.231 e. The van der Waals surface area contributed by atoms with E-state index in [-0.39, 0.29) is 17.4 Å². The van der Waals surface area contributed by atoms with Crippen LogP contribution >= 0.6 is 0 Å². The van der Waals surface area contributed by atoms with Gasteiger partial charge in [0, 0.05) is 31.8 Å². The summed E-state index contributed by atoms with van der Waals surface area (Å²) in [6.07, 6.45) is 2.67. The van der Waals surface area contributed by atoms with Crippen LogP contribution in [0.25, 0.3) is 0 Å². The van der Waals surface area contributed by atoms with Crippen LogP contribution in [0.15, 0.2) is 17.2 Å². The van der Waals surface area contributed by atoms with Crippen molar-refractivity contribution in [1.29, 1.82) is 0 Å². The molecule has 2 aromatic heterocycles. The molecule has 4 rings (SSSR count). The lowest BCUT2D eigenvalue weighted by atomic mass is 9.86. The van der Waals surface area contributed by atoms with Gasteiger partial charge in [-0.15, -0.1) is 0 Å². The van der Waals surface area contributed by atoms with Gasteiger partial charge in [-0.1, -0.05) is 0 Å². The van der Waals surface area contributed by atoms with Crippen molar-refractivity contribution in [2.45, 2.75) is 51.5 Å². The lowest BCUT2D eigenvalue weighted by molar-refractivity contribution is -0.131. The van der Waals surface area contributed by atoms with E-state index in [2.05, 4.69) is 31.9 Å². The third kappa shape index (κ3) is 4.42. The van der Waals surface area contributed by atoms with Gasteiger partial charge >= 0.3 is 0 Å². The number of hydrogen-bond acceptors (Lipinski definition) is 8. The first kappa shape index (κ1) is 22.8. The standard InChI is InChI=1S/C23H32N8O2/c1-13(18-11-19(33-5)28-15(3)27-18)22(32)31-9-8-23(12-31)7-6-16-10-17(20(24)30-25-4)14(2)26-21(16)29-23/h10-11,13,25H,6-9,12H2,1-5H3,(H2,24,30)(H,26,29)/t13-,23+/m1/s1. The van der Waals surface area contributed by atoms with Crippen LogP contribution in [0.5, 0.6) is 5.88 Å². The molecule has 1 saturated heterocycles. The Labute approximate surface area is 194 Å². The zero-order chi connectivity index (χ0) is 23.8. The van der Waals surface area contributed by atoms with E-state index < -0.39 is 0 Å². The Bertz CT molecular complexity index is 1100. The van der Waals surface area contributed by atoms with Crippen molar-refractivity contribution in [2.75, 3.05) is 32.6 Å². The molecular weight excluding hydrogens is 420 g/mol. The monoisotopic (exact) mass is 452 g/mol. The molecule has 0 aromatic carbocycles. The van der Waals surface area contributed by atoms with Crippen molar-refractivity contribution in [2.24, 2.45) is 10.8 Å². The van der Waals surface area contributed by atoms with Gasteiger partial charge in [-0.2, -0.15) is 10.1 Å². The van der Waals surface area contributed by atoms with Crippen molar-refractivity contribution < 1.29 is 9.53 Å². The van der Waals surface area contributed by atoms with Gasteiger partial charge < -0.3 is 26.1 Å². The van der Waals surface area contributed by atoms with E-state index in [1.807, 2.05) is 18.7 Å². The SMILES string of the molecule is CN/N=C(\N)c1cc2c(nc1C)N[C@@]1(CC2)CCN(C(=O)[C@H](C)c2cc(OC)nc(C)n2)C1. The molecule has 10 nitrogen and oxygen atoms in total. The first-order chi connectivity index (χ1) is 15.7. The van der Waals surface area contributed by atoms with Crippen molar-refractivity contribution in [3.63, 3.8) is 0 Å². The summed E-state index contributed by atoms with van der Waals surface area (Å²) in [5, 5.41) is 7.74. The number of ether oxygens (including phenoxy) is 1. The number of amides is 1. The minimum Gasteiger partial charge on any atom is -0.481 e. The van der Waals surface area contributed by atoms with E-state index >= 15 is 0 Å². The summed E-state index contributed by atoms with van der Waals surface area (Å²) in [7, 11) is 3.28. The van der Waals surface area contributed by atoms with E-state index in [1.54, 1.807) is 27.1 Å². The second kappa shape index (κ2) is 8.84. The summed E-state index contributed by atoms with van der Waals surface area (Å²) < 4.78 is 5.25. The van der Waals surface area contributed by atoms with Crippen molar-refractivity contribution in [3.05, 3.63) is 40.5 Å². The first-order valence-corrected chi connectivity index (χ1v) is 11.2. The summed E-state index contributed by atoms with van der Waals surface area (Å²) in [4.78, 5) is 28.7. The van der Waals surface area contributed by atoms with Gasteiger partial charge in [0.2, 0.25) is 11.8 Å². The van der Waals surface area contributed by atoms with Gasteiger partial charge in [0.25, 0.3) is 0 Å². The van der Waals surface area contributed by atoms with Crippen molar-refractivity contribution >= 4 is 17.6 Å². The average Bonchev–Trinajstić information content (AvgIpc) is 3.20. The first-order valence-electron chi connectivity index (χ1n) is 11.2. The summed E-state index contributed by atoms with van der Waals surface area (Å²) >= 11 is 0. The quantitative estimate of drug-likeness (QED) is 0.353. The Morgan fingerprint density at radius 2 is 2.09 bits per heavy atom. The predicted octanol–water partition coefficient (Wildman–Crippen LogP) is 1.47. The van der Waals surface area contributed by atoms with Crippen LogP contribution in [0, 0.1) is 13.8 Å². The number of carbonyl (C=O) groups is 1. The molecule has 1 fully saturated rings. The highest BCUT2D eigenvalue weighted by Crippen LogP contribution is 2.37. The molecule has 33 heavy (non-hydrogen) atoms. The summed E-state index contributed by atoms with van der Waals surface area (Å²) in [5.41, 5.74) is 12.1. The molecule has 0 bridgehead atoms. The number of hydrogen-bond donors (Lipinski definition) is 3. The molecule has 1 spiro atoms. The molecule has 2 atom stereocenters. The fourth-order valence-corrected chi connectivity index (χ4v) is 4.73. The Kier molecular flexibility index (Phi) is 6.09. The molecule has 2 aliphatic rings. The molecule has 0 radical (unpaired) electrons. The molecule has 2 aliphatic heterocycles. The fraction of sp³-hybridized carbons (Fsp3) is 0.522. The highest BCUT2D eigenvalue weighted by atomic mass is 16.5. The van der Waals surface area contributed by atoms with Crippen LogP contribution in [0.2, 0.25) is 0 Å². The second-order valence-corrected chi connectivity index (χ2v) is 8.87. The second-order valence-electron chi connectivity index (χ2n) is 8.87. The zero-order valence-corrected chi connectivity index (χ0v) is 19.9. The number of pyridine rings is 1. The molecule has 4 heterocycles. The number of anilines is 1. The third-order valence-corrected chi connectivity index (χ3v) is 6.58. The van der Waals surface area contributed by atoms with Gasteiger partial charge in [-0.3, -0.25) is 4.79 Å². The highest BCUT2D eigenvalue weighted by Gasteiger charge is 2.43. The lowest BCUT2D eigenvalue weighted by Crippen LogP contribution is -2.46. The predicted molar refractivity (Wildman–Crippen MR) is 126 cm³/mol. The van der Waals surface area contributed by atoms with Crippen LogP contribution in [-0.4, -0.2) is 64.4 Å². The van der Waals surface area contributed by atoms with Gasteiger partial charge in [0.05, 0.1) is 30.0 Å². The number of fused-ring (bicyclic) bond motifs is 1. The van der Waals surface area contributed by atoms with Crippen molar-refractivity contribution in [1.82, 2.24) is 25.3 Å². The minimum atomic E-state index is -0.371. The number of nitrogens with one attached hydrogen (secondary N) is 2. The number of nitrogens with zero attached hydrogens (tertiary/aromatic N) is 5. The molecule has 10 heteroatoms. The number of methoxy groups -OCH3 is 1. The van der Waals surface area contributed by atoms with Gasteiger partial charge in [-0.25, -0.2) is 9.97 Å². The van der Waals surface area contributed by atoms with Crippen LogP contribution in [-0.2, 0) is 11.2 Å². The number of carbonyl (C=O) groups excluding carboxylic acids is 1.